The van der Waals surface area contributed by atoms with E-state index in [1.54, 1.807) is 36.4 Å². The van der Waals surface area contributed by atoms with Gasteiger partial charge >= 0.3 is 7.60 Å². The van der Waals surface area contributed by atoms with Crippen LogP contribution in [0.25, 0.3) is 0 Å². The highest BCUT2D eigenvalue weighted by atomic mass is 31.2. The summed E-state index contributed by atoms with van der Waals surface area (Å²) in [5.74, 6) is 0.359. The zero-order valence-corrected chi connectivity index (χ0v) is 19.1. The molecule has 0 aromatic heterocycles. The molecule has 3 aromatic carbocycles. The average Bonchev–Trinajstić information content (AvgIpc) is 2.84. The van der Waals surface area contributed by atoms with Crippen LogP contribution in [0.1, 0.15) is 32.1 Å². The summed E-state index contributed by atoms with van der Waals surface area (Å²) >= 11 is 0. The number of non-ortho nitro benzene ring substituents is 1. The second-order valence-corrected chi connectivity index (χ2v) is 10.1. The summed E-state index contributed by atoms with van der Waals surface area (Å²) in [5.41, 5.74) is 0.628. The Hall–Kier alpha value is -3.31. The predicted octanol–water partition coefficient (Wildman–Crippen LogP) is 7.26. The summed E-state index contributed by atoms with van der Waals surface area (Å²) < 4.78 is 26.8. The minimum Gasteiger partial charge on any atom is -0.415 e. The third-order valence-corrected chi connectivity index (χ3v) is 7.94. The van der Waals surface area contributed by atoms with Crippen LogP contribution in [-0.2, 0) is 4.57 Å². The predicted molar refractivity (Wildman–Crippen MR) is 129 cm³/mol. The van der Waals surface area contributed by atoms with Gasteiger partial charge in [-0.25, -0.2) is 4.57 Å². The van der Waals surface area contributed by atoms with Crippen molar-refractivity contribution in [2.24, 2.45) is 5.92 Å². The van der Waals surface area contributed by atoms with E-state index >= 15 is 0 Å². The molecule has 1 atom stereocenters. The molecule has 1 aliphatic rings. The maximum absolute atomic E-state index is 14.5. The summed E-state index contributed by atoms with van der Waals surface area (Å²) in [4.78, 5) is 10.6. The molecule has 0 heterocycles. The average molecular weight is 466 g/mol. The van der Waals surface area contributed by atoms with E-state index in [-0.39, 0.29) is 11.6 Å². The molecular weight excluding hydrogens is 439 g/mol. The molecule has 1 N–H and O–H groups in total. The van der Waals surface area contributed by atoms with Crippen molar-refractivity contribution in [2.75, 3.05) is 5.32 Å². The Kier molecular flexibility index (Phi) is 7.30. The molecule has 1 saturated carbocycles. The molecule has 0 bridgehead atoms. The lowest BCUT2D eigenvalue weighted by Gasteiger charge is -2.35. The van der Waals surface area contributed by atoms with Crippen molar-refractivity contribution in [3.05, 3.63) is 95.0 Å². The van der Waals surface area contributed by atoms with Crippen LogP contribution in [0.15, 0.2) is 84.9 Å². The van der Waals surface area contributed by atoms with E-state index < -0.39 is 18.3 Å². The minimum atomic E-state index is -3.78. The van der Waals surface area contributed by atoms with Gasteiger partial charge in [0.05, 0.1) is 4.92 Å². The lowest BCUT2D eigenvalue weighted by molar-refractivity contribution is -0.384. The lowest BCUT2D eigenvalue weighted by atomic mass is 9.89. The van der Waals surface area contributed by atoms with Crippen molar-refractivity contribution in [2.45, 2.75) is 37.9 Å². The number of nitrogens with one attached hydrogen (secondary N) is 1. The zero-order valence-electron chi connectivity index (χ0n) is 18.2. The first-order valence-electron chi connectivity index (χ1n) is 11.1. The van der Waals surface area contributed by atoms with E-state index in [1.807, 2.05) is 36.4 Å². The normalized spacial score (nSPS) is 15.4. The number of para-hydroxylation sites is 2. The number of nitrogens with zero attached hydrogens (tertiary/aromatic N) is 1. The van der Waals surface area contributed by atoms with Gasteiger partial charge in [0.1, 0.15) is 11.5 Å². The molecule has 8 heteroatoms. The van der Waals surface area contributed by atoms with E-state index in [0.29, 0.717) is 17.2 Å². The van der Waals surface area contributed by atoms with Crippen molar-refractivity contribution < 1.29 is 18.5 Å². The Morgan fingerprint density at radius 3 is 1.82 bits per heavy atom. The molecule has 0 unspecified atom stereocenters. The Labute approximate surface area is 193 Å². The van der Waals surface area contributed by atoms with Crippen molar-refractivity contribution in [1.82, 2.24) is 0 Å². The highest BCUT2D eigenvalue weighted by molar-refractivity contribution is 7.55. The van der Waals surface area contributed by atoms with Gasteiger partial charge in [0, 0.05) is 17.8 Å². The Balaban J connectivity index is 1.71. The summed E-state index contributed by atoms with van der Waals surface area (Å²) in [7, 11) is -3.78. The van der Waals surface area contributed by atoms with E-state index in [1.165, 1.54) is 12.1 Å². The van der Waals surface area contributed by atoms with Crippen LogP contribution in [0.4, 0.5) is 11.4 Å². The van der Waals surface area contributed by atoms with Gasteiger partial charge in [0.2, 0.25) is 0 Å². The fraction of sp³-hybridized carbons (Fsp3) is 0.280. The summed E-state index contributed by atoms with van der Waals surface area (Å²) in [6.07, 6.45) is 5.01. The van der Waals surface area contributed by atoms with Gasteiger partial charge in [0.25, 0.3) is 5.69 Å². The SMILES string of the molecule is O=[N+]([O-])c1ccc(N[C@@H](C2CCCCC2)P(=O)(Oc2ccccc2)Oc2ccccc2)cc1. The van der Waals surface area contributed by atoms with Crippen LogP contribution in [0.2, 0.25) is 0 Å². The van der Waals surface area contributed by atoms with Crippen LogP contribution in [0.5, 0.6) is 11.5 Å². The highest BCUT2D eigenvalue weighted by Gasteiger charge is 2.45. The third kappa shape index (κ3) is 5.93. The number of hydrogen-bond donors (Lipinski definition) is 1. The second-order valence-electron chi connectivity index (χ2n) is 8.14. The number of nitro benzene ring substituents is 1. The van der Waals surface area contributed by atoms with Crippen LogP contribution >= 0.6 is 7.60 Å². The molecule has 0 spiro atoms. The lowest BCUT2D eigenvalue weighted by Crippen LogP contribution is -2.34. The first-order valence-corrected chi connectivity index (χ1v) is 12.7. The van der Waals surface area contributed by atoms with Gasteiger partial charge < -0.3 is 14.4 Å². The number of benzene rings is 3. The molecule has 0 amide bonds. The number of nitro groups is 1. The van der Waals surface area contributed by atoms with E-state index in [9.17, 15) is 14.7 Å². The standard InChI is InChI=1S/C25H27N2O5P/c28-27(29)22-18-16-21(17-19-22)26-25(20-10-4-1-5-11-20)33(30,31-23-12-6-2-7-13-23)32-24-14-8-3-9-15-24/h2-3,6-9,12-20,25-26H,1,4-5,10-11H2/t25-/m1/s1. The van der Waals surface area contributed by atoms with Gasteiger partial charge in [0.15, 0.2) is 5.78 Å². The molecule has 7 nitrogen and oxygen atoms in total. The van der Waals surface area contributed by atoms with Gasteiger partial charge in [-0.1, -0.05) is 55.7 Å². The monoisotopic (exact) mass is 466 g/mol. The van der Waals surface area contributed by atoms with Crippen LogP contribution in [0, 0.1) is 16.0 Å². The Morgan fingerprint density at radius 1 is 0.818 bits per heavy atom. The molecule has 3 aromatic rings. The third-order valence-electron chi connectivity index (χ3n) is 5.78. The molecule has 0 radical (unpaired) electrons. The van der Waals surface area contributed by atoms with Crippen molar-refractivity contribution in [3.63, 3.8) is 0 Å². The molecule has 0 aliphatic heterocycles. The minimum absolute atomic E-state index is 0.000907. The molecule has 1 fully saturated rings. The number of hydrogen-bond acceptors (Lipinski definition) is 6. The second kappa shape index (κ2) is 10.5. The molecule has 4 rings (SSSR count). The maximum atomic E-state index is 14.5. The number of rotatable bonds is 9. The zero-order chi connectivity index (χ0) is 23.1. The Morgan fingerprint density at radius 2 is 1.33 bits per heavy atom. The van der Waals surface area contributed by atoms with Crippen LogP contribution < -0.4 is 14.4 Å². The molecule has 172 valence electrons. The summed E-state index contributed by atoms with van der Waals surface area (Å²) in [6, 6.07) is 24.2. The van der Waals surface area contributed by atoms with E-state index in [0.717, 1.165) is 32.1 Å². The fourth-order valence-electron chi connectivity index (χ4n) is 4.14. The molecule has 33 heavy (non-hydrogen) atoms. The molecular formula is C25H27N2O5P. The fourth-order valence-corrected chi connectivity index (χ4v) is 6.36. The first-order chi connectivity index (χ1) is 16.0. The maximum Gasteiger partial charge on any atom is 0.453 e. The summed E-state index contributed by atoms with van der Waals surface area (Å²) in [5, 5.41) is 14.4. The van der Waals surface area contributed by atoms with Gasteiger partial charge in [-0.2, -0.15) is 0 Å². The first kappa shape index (κ1) is 22.9. The highest BCUT2D eigenvalue weighted by Crippen LogP contribution is 2.57. The van der Waals surface area contributed by atoms with Crippen molar-refractivity contribution >= 4 is 19.0 Å². The molecule has 0 saturated heterocycles. The van der Waals surface area contributed by atoms with Crippen LogP contribution in [-0.4, -0.2) is 10.7 Å². The topological polar surface area (TPSA) is 90.7 Å². The van der Waals surface area contributed by atoms with Gasteiger partial charge in [-0.15, -0.1) is 0 Å². The quantitative estimate of drug-likeness (QED) is 0.203. The molecule has 1 aliphatic carbocycles. The van der Waals surface area contributed by atoms with E-state index in [4.69, 9.17) is 9.05 Å². The van der Waals surface area contributed by atoms with E-state index in [2.05, 4.69) is 5.32 Å². The van der Waals surface area contributed by atoms with Crippen molar-refractivity contribution in [1.29, 1.82) is 0 Å². The summed E-state index contributed by atoms with van der Waals surface area (Å²) in [6.45, 7) is 0. The smallest absolute Gasteiger partial charge is 0.415 e. The van der Waals surface area contributed by atoms with Crippen LogP contribution in [0.3, 0.4) is 0 Å². The van der Waals surface area contributed by atoms with Gasteiger partial charge in [-0.3, -0.25) is 10.1 Å². The largest absolute Gasteiger partial charge is 0.453 e. The van der Waals surface area contributed by atoms with Crippen molar-refractivity contribution in [3.8, 4) is 11.5 Å². The van der Waals surface area contributed by atoms with Gasteiger partial charge in [-0.05, 0) is 55.2 Å². The number of anilines is 1. The Bertz CT molecular complexity index is 1040.